The fraction of sp³-hybridized carbons (Fsp3) is 0.188. The van der Waals surface area contributed by atoms with E-state index in [1.165, 1.54) is 14.2 Å². The molecule has 8 heteroatoms. The van der Waals surface area contributed by atoms with Gasteiger partial charge in [-0.2, -0.15) is 10.2 Å². The van der Waals surface area contributed by atoms with Gasteiger partial charge in [0.05, 0.1) is 37.0 Å². The smallest absolute Gasteiger partial charge is 0.305 e. The van der Waals surface area contributed by atoms with Gasteiger partial charge in [-0.15, -0.1) is 0 Å². The Hall–Kier alpha value is -4.98. The van der Waals surface area contributed by atoms with Crippen molar-refractivity contribution in [3.63, 3.8) is 0 Å². The van der Waals surface area contributed by atoms with E-state index in [-0.39, 0.29) is 24.8 Å². The second kappa shape index (κ2) is 12.3. The minimum atomic E-state index is -0.278. The topological polar surface area (TPSA) is 110 Å². The van der Waals surface area contributed by atoms with Gasteiger partial charge in [0.1, 0.15) is 0 Å². The molecule has 40 heavy (non-hydrogen) atoms. The second-order valence-electron chi connectivity index (χ2n) is 9.32. The number of H-pyrrole nitrogens is 2. The maximum atomic E-state index is 12.0. The van der Waals surface area contributed by atoms with E-state index in [1.807, 2.05) is 84.9 Å². The summed E-state index contributed by atoms with van der Waals surface area (Å²) in [6, 6.07) is 27.8. The SMILES string of the molecule is COC(=O)CCc1c(-c2cccc(-c3n[nH]c(-c4ccccc4)c3CCC(=O)OC)c2)n[nH]c1-c1ccccc1. The van der Waals surface area contributed by atoms with Gasteiger partial charge >= 0.3 is 11.9 Å². The quantitative estimate of drug-likeness (QED) is 0.212. The Labute approximate surface area is 232 Å². The number of ether oxygens (including phenoxy) is 2. The molecule has 0 aliphatic carbocycles. The van der Waals surface area contributed by atoms with E-state index in [2.05, 4.69) is 20.4 Å². The van der Waals surface area contributed by atoms with Gasteiger partial charge in [-0.05, 0) is 30.0 Å². The van der Waals surface area contributed by atoms with E-state index in [0.717, 1.165) is 56.2 Å². The van der Waals surface area contributed by atoms with Crippen LogP contribution in [0, 0.1) is 0 Å². The monoisotopic (exact) mass is 534 g/mol. The third kappa shape index (κ3) is 5.71. The molecule has 0 spiro atoms. The third-order valence-corrected chi connectivity index (χ3v) is 6.88. The molecular formula is C32H30N4O4. The number of carbonyl (C=O) groups is 2. The first kappa shape index (κ1) is 26.6. The molecule has 0 unspecified atom stereocenters. The molecule has 3 aromatic carbocycles. The summed E-state index contributed by atoms with van der Waals surface area (Å²) < 4.78 is 9.80. The van der Waals surface area contributed by atoms with E-state index < -0.39 is 0 Å². The number of benzene rings is 3. The number of methoxy groups -OCH3 is 2. The average Bonchev–Trinajstić information content (AvgIpc) is 3.64. The highest BCUT2D eigenvalue weighted by Gasteiger charge is 2.21. The number of esters is 2. The summed E-state index contributed by atoms with van der Waals surface area (Å²) in [5.41, 5.74) is 8.89. The van der Waals surface area contributed by atoms with E-state index in [0.29, 0.717) is 12.8 Å². The van der Waals surface area contributed by atoms with E-state index in [4.69, 9.17) is 9.47 Å². The van der Waals surface area contributed by atoms with Crippen molar-refractivity contribution in [3.05, 3.63) is 96.1 Å². The summed E-state index contributed by atoms with van der Waals surface area (Å²) in [6.07, 6.45) is 1.41. The van der Waals surface area contributed by atoms with Crippen molar-refractivity contribution in [2.75, 3.05) is 14.2 Å². The third-order valence-electron chi connectivity index (χ3n) is 6.88. The van der Waals surface area contributed by atoms with Crippen LogP contribution < -0.4 is 0 Å². The van der Waals surface area contributed by atoms with Crippen LogP contribution in [0.1, 0.15) is 24.0 Å². The zero-order valence-electron chi connectivity index (χ0n) is 22.4. The van der Waals surface area contributed by atoms with E-state index >= 15 is 0 Å². The minimum Gasteiger partial charge on any atom is -0.469 e. The van der Waals surface area contributed by atoms with Crippen molar-refractivity contribution < 1.29 is 19.1 Å². The Morgan fingerprint density at radius 1 is 0.600 bits per heavy atom. The molecule has 8 nitrogen and oxygen atoms in total. The first-order valence-electron chi connectivity index (χ1n) is 13.1. The van der Waals surface area contributed by atoms with Crippen LogP contribution in [0.5, 0.6) is 0 Å². The van der Waals surface area contributed by atoms with Crippen LogP contribution in [0.15, 0.2) is 84.9 Å². The number of carbonyl (C=O) groups excluding carboxylic acids is 2. The first-order chi connectivity index (χ1) is 19.6. The molecule has 0 saturated carbocycles. The maximum Gasteiger partial charge on any atom is 0.305 e. The lowest BCUT2D eigenvalue weighted by Gasteiger charge is -2.09. The van der Waals surface area contributed by atoms with E-state index in [9.17, 15) is 9.59 Å². The molecular weight excluding hydrogens is 504 g/mol. The van der Waals surface area contributed by atoms with Crippen LogP contribution in [0.25, 0.3) is 45.0 Å². The van der Waals surface area contributed by atoms with Crippen LogP contribution in [0.3, 0.4) is 0 Å². The Morgan fingerprint density at radius 2 is 1.00 bits per heavy atom. The number of aromatic nitrogens is 4. The summed E-state index contributed by atoms with van der Waals surface area (Å²) in [4.78, 5) is 24.1. The molecule has 5 aromatic rings. The highest BCUT2D eigenvalue weighted by Crippen LogP contribution is 2.36. The lowest BCUT2D eigenvalue weighted by Crippen LogP contribution is -2.03. The van der Waals surface area contributed by atoms with Gasteiger partial charge in [0.25, 0.3) is 0 Å². The Balaban J connectivity index is 1.57. The Morgan fingerprint density at radius 3 is 1.40 bits per heavy atom. The van der Waals surface area contributed by atoms with Gasteiger partial charge in [-0.25, -0.2) is 0 Å². The molecule has 0 fully saturated rings. The molecule has 5 rings (SSSR count). The lowest BCUT2D eigenvalue weighted by atomic mass is 9.95. The lowest BCUT2D eigenvalue weighted by molar-refractivity contribution is -0.141. The molecule has 0 amide bonds. The number of aromatic amines is 2. The van der Waals surface area contributed by atoms with Crippen LogP contribution in [-0.2, 0) is 31.9 Å². The van der Waals surface area contributed by atoms with E-state index in [1.54, 1.807) is 0 Å². The van der Waals surface area contributed by atoms with Crippen molar-refractivity contribution in [1.82, 2.24) is 20.4 Å². The van der Waals surface area contributed by atoms with Gasteiger partial charge < -0.3 is 9.47 Å². The highest BCUT2D eigenvalue weighted by molar-refractivity contribution is 5.81. The van der Waals surface area contributed by atoms with Crippen LogP contribution in [0.2, 0.25) is 0 Å². The van der Waals surface area contributed by atoms with Crippen molar-refractivity contribution >= 4 is 11.9 Å². The Bertz CT molecular complexity index is 1490. The fourth-order valence-corrected chi connectivity index (χ4v) is 4.85. The summed E-state index contributed by atoms with van der Waals surface area (Å²) in [6.45, 7) is 0. The first-order valence-corrected chi connectivity index (χ1v) is 13.1. The number of rotatable bonds is 10. The van der Waals surface area contributed by atoms with Crippen LogP contribution in [0.4, 0.5) is 0 Å². The molecule has 0 radical (unpaired) electrons. The van der Waals surface area contributed by atoms with Crippen molar-refractivity contribution in [2.45, 2.75) is 25.7 Å². The van der Waals surface area contributed by atoms with Crippen LogP contribution in [-0.4, -0.2) is 46.6 Å². The number of nitrogens with zero attached hydrogens (tertiary/aromatic N) is 2. The zero-order valence-corrected chi connectivity index (χ0v) is 22.4. The fourth-order valence-electron chi connectivity index (χ4n) is 4.85. The van der Waals surface area contributed by atoms with Gasteiger partial charge in [-0.1, -0.05) is 78.9 Å². The summed E-state index contributed by atoms with van der Waals surface area (Å²) in [7, 11) is 2.79. The Kier molecular flexibility index (Phi) is 8.15. The second-order valence-corrected chi connectivity index (χ2v) is 9.32. The van der Waals surface area contributed by atoms with Gasteiger partial charge in [0, 0.05) is 35.1 Å². The van der Waals surface area contributed by atoms with Crippen molar-refractivity contribution in [2.24, 2.45) is 0 Å². The molecule has 202 valence electrons. The molecule has 0 atom stereocenters. The minimum absolute atomic E-state index is 0.236. The number of hydrogen-bond acceptors (Lipinski definition) is 6. The predicted octanol–water partition coefficient (Wildman–Crippen LogP) is 6.01. The van der Waals surface area contributed by atoms with Crippen LogP contribution >= 0.6 is 0 Å². The van der Waals surface area contributed by atoms with Crippen molar-refractivity contribution in [1.29, 1.82) is 0 Å². The average molecular weight is 535 g/mol. The number of nitrogens with one attached hydrogen (secondary N) is 2. The zero-order chi connectivity index (χ0) is 27.9. The molecule has 0 bridgehead atoms. The van der Waals surface area contributed by atoms with Gasteiger partial charge in [0.2, 0.25) is 0 Å². The van der Waals surface area contributed by atoms with Crippen molar-refractivity contribution in [3.8, 4) is 45.0 Å². The normalized spacial score (nSPS) is 10.8. The molecule has 2 N–H and O–H groups in total. The summed E-state index contributed by atoms with van der Waals surface area (Å²) in [5.74, 6) is -0.555. The molecule has 2 heterocycles. The molecule has 0 aliphatic rings. The maximum absolute atomic E-state index is 12.0. The summed E-state index contributed by atoms with van der Waals surface area (Å²) in [5, 5.41) is 15.7. The van der Waals surface area contributed by atoms with Gasteiger partial charge in [0.15, 0.2) is 0 Å². The largest absolute Gasteiger partial charge is 0.469 e. The molecule has 2 aromatic heterocycles. The molecule has 0 aliphatic heterocycles. The number of hydrogen-bond donors (Lipinski definition) is 2. The predicted molar refractivity (Wildman–Crippen MR) is 153 cm³/mol. The molecule has 0 saturated heterocycles. The summed E-state index contributed by atoms with van der Waals surface area (Å²) >= 11 is 0. The highest BCUT2D eigenvalue weighted by atomic mass is 16.5. The van der Waals surface area contributed by atoms with Gasteiger partial charge in [-0.3, -0.25) is 19.8 Å². The standard InChI is InChI=1S/C32H30N4O4/c1-39-27(37)18-16-25-29(21-10-5-3-6-11-21)33-35-31(25)23-14-9-15-24(20-23)32-26(17-19-28(38)40-2)30(34-36-32)22-12-7-4-8-13-22/h3-15,20H,16-19H2,1-2H3,(H,33,35)(H,34,36).